The van der Waals surface area contributed by atoms with E-state index in [1.807, 2.05) is 6.92 Å². The number of nitrogens with two attached hydrogens (primary N) is 1. The average molecular weight is 217 g/mol. The first-order valence-corrected chi connectivity index (χ1v) is 4.76. The molecule has 0 aliphatic rings. The lowest BCUT2D eigenvalue weighted by molar-refractivity contribution is 0.895. The fraction of sp³-hybridized carbons (Fsp3) is 0.0909. The maximum absolute atomic E-state index is 11.5. The van der Waals surface area contributed by atoms with E-state index in [-0.39, 0.29) is 0 Å². The number of H-pyrrole nitrogens is 1. The summed E-state index contributed by atoms with van der Waals surface area (Å²) in [6.07, 6.45) is 1.44. The van der Waals surface area contributed by atoms with Crippen molar-refractivity contribution in [2.45, 2.75) is 6.92 Å². The number of nitrogens with zero attached hydrogens (tertiary/aromatic N) is 1. The van der Waals surface area contributed by atoms with Crippen molar-refractivity contribution in [2.24, 2.45) is 0 Å². The largest absolute Gasteiger partial charge is 0.399 e. The van der Waals surface area contributed by atoms with Gasteiger partial charge in [0.2, 0.25) is 0 Å². The van der Waals surface area contributed by atoms with Gasteiger partial charge in [-0.15, -0.1) is 0 Å². The Hall–Kier alpha value is -2.30. The van der Waals surface area contributed by atoms with E-state index in [4.69, 9.17) is 5.73 Å². The zero-order chi connectivity index (χ0) is 11.7. The van der Waals surface area contributed by atoms with Crippen LogP contribution in [0.2, 0.25) is 0 Å². The number of aryl methyl sites for hydroxylation is 1. The number of aromatic amines is 1. The summed E-state index contributed by atoms with van der Waals surface area (Å²) in [7, 11) is 0. The van der Waals surface area contributed by atoms with E-state index in [0.29, 0.717) is 11.4 Å². The number of hydrogen-bond donors (Lipinski definition) is 2. The molecular weight excluding hydrogens is 206 g/mol. The van der Waals surface area contributed by atoms with Crippen molar-refractivity contribution in [1.82, 2.24) is 9.55 Å². The van der Waals surface area contributed by atoms with Gasteiger partial charge in [-0.1, -0.05) is 0 Å². The molecule has 0 aliphatic heterocycles. The highest BCUT2D eigenvalue weighted by atomic mass is 16.2. The molecule has 5 heteroatoms. The third-order valence-electron chi connectivity index (χ3n) is 2.36. The molecule has 0 aliphatic carbocycles. The summed E-state index contributed by atoms with van der Waals surface area (Å²) in [6.45, 7) is 1.86. The lowest BCUT2D eigenvalue weighted by Gasteiger charge is -2.06. The first-order valence-electron chi connectivity index (χ1n) is 4.76. The third-order valence-corrected chi connectivity index (χ3v) is 2.36. The molecular formula is C11H11N3O2. The van der Waals surface area contributed by atoms with Gasteiger partial charge in [-0.25, -0.2) is 4.79 Å². The minimum Gasteiger partial charge on any atom is -0.399 e. The number of benzene rings is 1. The number of rotatable bonds is 1. The molecule has 2 aromatic rings. The Kier molecular flexibility index (Phi) is 2.36. The summed E-state index contributed by atoms with van der Waals surface area (Å²) in [5, 5.41) is 0. The lowest BCUT2D eigenvalue weighted by Crippen LogP contribution is -2.27. The van der Waals surface area contributed by atoms with Gasteiger partial charge < -0.3 is 5.73 Å². The Morgan fingerprint density at radius 1 is 1.25 bits per heavy atom. The van der Waals surface area contributed by atoms with Gasteiger partial charge in [0.25, 0.3) is 5.56 Å². The molecule has 0 unspecified atom stereocenters. The van der Waals surface area contributed by atoms with Crippen molar-refractivity contribution in [3.05, 3.63) is 56.9 Å². The van der Waals surface area contributed by atoms with Gasteiger partial charge in [-0.3, -0.25) is 14.3 Å². The molecule has 2 rings (SSSR count). The van der Waals surface area contributed by atoms with Gasteiger partial charge in [0.15, 0.2) is 0 Å². The maximum Gasteiger partial charge on any atom is 0.332 e. The van der Waals surface area contributed by atoms with Crippen molar-refractivity contribution in [3.8, 4) is 5.69 Å². The third kappa shape index (κ3) is 1.75. The number of nitrogen functional groups attached to an aromatic ring is 1. The van der Waals surface area contributed by atoms with Crippen LogP contribution in [0.25, 0.3) is 5.69 Å². The van der Waals surface area contributed by atoms with Crippen LogP contribution >= 0.6 is 0 Å². The maximum atomic E-state index is 11.5. The molecule has 3 N–H and O–H groups in total. The Labute approximate surface area is 91.2 Å². The lowest BCUT2D eigenvalue weighted by atomic mass is 10.2. The molecule has 0 amide bonds. The minimum atomic E-state index is -0.461. The minimum absolute atomic E-state index is 0.409. The topological polar surface area (TPSA) is 80.9 Å². The van der Waals surface area contributed by atoms with Gasteiger partial charge in [-0.2, -0.15) is 0 Å². The normalized spacial score (nSPS) is 10.3. The number of nitrogens with one attached hydrogen (secondary N) is 1. The van der Waals surface area contributed by atoms with Crippen LogP contribution in [0.5, 0.6) is 0 Å². The van der Waals surface area contributed by atoms with E-state index in [9.17, 15) is 9.59 Å². The highest BCUT2D eigenvalue weighted by Crippen LogP contribution is 2.14. The van der Waals surface area contributed by atoms with Crippen LogP contribution in [0.15, 0.2) is 40.1 Å². The van der Waals surface area contributed by atoms with E-state index in [2.05, 4.69) is 4.98 Å². The van der Waals surface area contributed by atoms with Crippen LogP contribution in [-0.4, -0.2) is 9.55 Å². The zero-order valence-corrected chi connectivity index (χ0v) is 8.73. The molecule has 0 spiro atoms. The van der Waals surface area contributed by atoms with Crippen molar-refractivity contribution in [1.29, 1.82) is 0 Å². The van der Waals surface area contributed by atoms with Gasteiger partial charge in [0.1, 0.15) is 0 Å². The molecule has 0 saturated carbocycles. The van der Waals surface area contributed by atoms with E-state index >= 15 is 0 Å². The molecule has 0 atom stereocenters. The predicted octanol–water partition coefficient (Wildman–Crippen LogP) is 0.416. The van der Waals surface area contributed by atoms with Gasteiger partial charge in [0.05, 0.1) is 5.69 Å². The van der Waals surface area contributed by atoms with Crippen LogP contribution in [0.3, 0.4) is 0 Å². The predicted molar refractivity (Wildman–Crippen MR) is 61.8 cm³/mol. The molecule has 0 bridgehead atoms. The van der Waals surface area contributed by atoms with Gasteiger partial charge >= 0.3 is 5.69 Å². The molecule has 82 valence electrons. The van der Waals surface area contributed by atoms with E-state index in [0.717, 1.165) is 5.56 Å². The van der Waals surface area contributed by atoms with Crippen LogP contribution in [0.4, 0.5) is 5.69 Å². The first-order chi connectivity index (χ1) is 7.58. The second-order valence-corrected chi connectivity index (χ2v) is 3.52. The van der Waals surface area contributed by atoms with Crippen LogP contribution in [0.1, 0.15) is 5.56 Å². The summed E-state index contributed by atoms with van der Waals surface area (Å²) < 4.78 is 1.36. The second-order valence-electron chi connectivity index (χ2n) is 3.52. The van der Waals surface area contributed by atoms with Crippen LogP contribution < -0.4 is 17.0 Å². The van der Waals surface area contributed by atoms with Crippen LogP contribution in [0, 0.1) is 6.92 Å². The Balaban J connectivity index is 2.63. The summed E-state index contributed by atoms with van der Waals surface area (Å²) >= 11 is 0. The van der Waals surface area contributed by atoms with Crippen molar-refractivity contribution >= 4 is 5.69 Å². The quantitative estimate of drug-likeness (QED) is 0.679. The molecule has 1 heterocycles. The Morgan fingerprint density at radius 3 is 2.62 bits per heavy atom. The summed E-state index contributed by atoms with van der Waals surface area (Å²) in [5.41, 5.74) is 7.04. The Bertz CT molecular complexity index is 640. The summed E-state index contributed by atoms with van der Waals surface area (Å²) in [4.78, 5) is 24.6. The average Bonchev–Trinajstić information content (AvgIpc) is 2.22. The Morgan fingerprint density at radius 2 is 2.00 bits per heavy atom. The fourth-order valence-corrected chi connectivity index (χ4v) is 1.43. The molecule has 5 nitrogen and oxygen atoms in total. The molecule has 0 fully saturated rings. The molecule has 0 saturated heterocycles. The SMILES string of the molecule is Cc1cc(-n2ccc(=O)[nH]c2=O)ccc1N. The zero-order valence-electron chi connectivity index (χ0n) is 8.73. The molecule has 1 aromatic heterocycles. The molecule has 1 aromatic carbocycles. The highest BCUT2D eigenvalue weighted by Gasteiger charge is 2.01. The number of hydrogen-bond acceptors (Lipinski definition) is 3. The summed E-state index contributed by atoms with van der Waals surface area (Å²) in [5.74, 6) is 0. The van der Waals surface area contributed by atoms with Crippen molar-refractivity contribution in [2.75, 3.05) is 5.73 Å². The number of aromatic nitrogens is 2. The molecule has 0 radical (unpaired) electrons. The highest BCUT2D eigenvalue weighted by molar-refractivity contribution is 5.51. The molecule has 16 heavy (non-hydrogen) atoms. The summed E-state index contributed by atoms with van der Waals surface area (Å²) in [6, 6.07) is 6.53. The monoisotopic (exact) mass is 217 g/mol. The van der Waals surface area contributed by atoms with Crippen molar-refractivity contribution in [3.63, 3.8) is 0 Å². The fourth-order valence-electron chi connectivity index (χ4n) is 1.43. The first kappa shape index (κ1) is 10.2. The van der Waals surface area contributed by atoms with E-state index in [1.54, 1.807) is 18.2 Å². The van der Waals surface area contributed by atoms with E-state index < -0.39 is 11.2 Å². The van der Waals surface area contributed by atoms with Gasteiger partial charge in [0, 0.05) is 18.0 Å². The van der Waals surface area contributed by atoms with Crippen molar-refractivity contribution < 1.29 is 0 Å². The second kappa shape index (κ2) is 3.69. The van der Waals surface area contributed by atoms with Crippen LogP contribution in [-0.2, 0) is 0 Å². The standard InChI is InChI=1S/C11H11N3O2/c1-7-6-8(2-3-9(7)12)14-5-4-10(15)13-11(14)16/h2-6H,12H2,1H3,(H,13,15,16). The smallest absolute Gasteiger partial charge is 0.332 e. The van der Waals surface area contributed by atoms with E-state index in [1.165, 1.54) is 16.8 Å². The van der Waals surface area contributed by atoms with Gasteiger partial charge in [-0.05, 0) is 30.7 Å². The number of anilines is 1.